The summed E-state index contributed by atoms with van der Waals surface area (Å²) in [5.74, 6) is -2.14. The highest BCUT2D eigenvalue weighted by molar-refractivity contribution is 6.22. The third-order valence-corrected chi connectivity index (χ3v) is 2.97. The molecular weight excluding hydrogens is 237 g/mol. The van der Waals surface area contributed by atoms with Gasteiger partial charge in [-0.25, -0.2) is 9.18 Å². The monoisotopic (exact) mass is 249 g/mol. The first-order valence-electron chi connectivity index (χ1n) is 5.48. The van der Waals surface area contributed by atoms with Crippen molar-refractivity contribution in [3.05, 3.63) is 41.2 Å². The van der Waals surface area contributed by atoms with E-state index in [2.05, 4.69) is 0 Å². The van der Waals surface area contributed by atoms with Gasteiger partial charge in [-0.05, 0) is 29.7 Å². The fourth-order valence-electron chi connectivity index (χ4n) is 1.99. The summed E-state index contributed by atoms with van der Waals surface area (Å²) in [6, 6.07) is 5.49. The van der Waals surface area contributed by atoms with Gasteiger partial charge in [0.25, 0.3) is 5.91 Å². The van der Waals surface area contributed by atoms with E-state index in [4.69, 9.17) is 5.11 Å². The minimum absolute atomic E-state index is 0.227. The summed E-state index contributed by atoms with van der Waals surface area (Å²) in [7, 11) is 1.56. The van der Waals surface area contributed by atoms with Crippen LogP contribution in [0.15, 0.2) is 29.8 Å². The summed E-state index contributed by atoms with van der Waals surface area (Å²) >= 11 is 0. The van der Waals surface area contributed by atoms with Crippen molar-refractivity contribution in [3.8, 4) is 0 Å². The fraction of sp³-hybridized carbons (Fsp3) is 0.231. The Kier molecular flexibility index (Phi) is 3.14. The molecule has 4 nitrogen and oxygen atoms in total. The second-order valence-electron chi connectivity index (χ2n) is 4.14. The van der Waals surface area contributed by atoms with Crippen LogP contribution in [-0.4, -0.2) is 35.5 Å². The number of amides is 1. The Morgan fingerprint density at radius 1 is 1.33 bits per heavy atom. The number of hydrogen-bond donors (Lipinski definition) is 1. The second kappa shape index (κ2) is 4.60. The van der Waals surface area contributed by atoms with Crippen LogP contribution in [0.3, 0.4) is 0 Å². The molecule has 0 spiro atoms. The third kappa shape index (κ3) is 2.11. The molecule has 5 heteroatoms. The Hall–Kier alpha value is -2.17. The average Bonchev–Trinajstić information content (AvgIpc) is 2.33. The second-order valence-corrected chi connectivity index (χ2v) is 4.14. The molecule has 1 aliphatic heterocycles. The lowest BCUT2D eigenvalue weighted by molar-refractivity contribution is -0.137. The molecule has 0 aromatic heterocycles. The van der Waals surface area contributed by atoms with Gasteiger partial charge in [0.15, 0.2) is 0 Å². The summed E-state index contributed by atoms with van der Waals surface area (Å²) < 4.78 is 12.8. The van der Waals surface area contributed by atoms with E-state index in [1.54, 1.807) is 7.05 Å². The molecule has 1 aliphatic rings. The van der Waals surface area contributed by atoms with Crippen LogP contribution < -0.4 is 0 Å². The molecule has 1 aromatic carbocycles. The zero-order valence-corrected chi connectivity index (χ0v) is 9.81. The molecule has 0 unspecified atom stereocenters. The first-order chi connectivity index (χ1) is 8.50. The highest BCUT2D eigenvalue weighted by atomic mass is 19.1. The smallest absolute Gasteiger partial charge is 0.341 e. The third-order valence-electron chi connectivity index (χ3n) is 2.97. The maximum Gasteiger partial charge on any atom is 0.341 e. The van der Waals surface area contributed by atoms with Crippen LogP contribution in [-0.2, 0) is 9.59 Å². The topological polar surface area (TPSA) is 57.6 Å². The maximum absolute atomic E-state index is 12.8. The molecule has 1 N–H and O–H groups in total. The number of likely N-dealkylation sites (N-methyl/N-ethyl adjacent to an activating group) is 1. The number of carboxylic acid groups (broad SMARTS) is 1. The van der Waals surface area contributed by atoms with Crippen LogP contribution in [0.4, 0.5) is 4.39 Å². The first-order valence-corrected chi connectivity index (χ1v) is 5.48. The Morgan fingerprint density at radius 2 is 1.94 bits per heavy atom. The standard InChI is InChI=1S/C13H12FNO3/c1-15-7-6-10(11(12(15)16)13(17)18)8-2-4-9(14)5-3-8/h2-5H,6-7H2,1H3,(H,17,18). The normalized spacial score (nSPS) is 16.1. The molecule has 94 valence electrons. The van der Waals surface area contributed by atoms with Gasteiger partial charge in [0.1, 0.15) is 11.4 Å². The van der Waals surface area contributed by atoms with Crippen molar-refractivity contribution in [1.82, 2.24) is 4.90 Å². The zero-order valence-electron chi connectivity index (χ0n) is 9.81. The number of halogens is 1. The van der Waals surface area contributed by atoms with E-state index in [1.165, 1.54) is 29.2 Å². The van der Waals surface area contributed by atoms with Gasteiger partial charge in [-0.15, -0.1) is 0 Å². The molecule has 2 rings (SSSR count). The Labute approximate surface area is 103 Å². The Balaban J connectivity index is 2.54. The number of nitrogens with zero attached hydrogens (tertiary/aromatic N) is 1. The lowest BCUT2D eigenvalue weighted by Crippen LogP contribution is -2.36. The van der Waals surface area contributed by atoms with Gasteiger partial charge in [0.2, 0.25) is 0 Å². The zero-order chi connectivity index (χ0) is 13.3. The van der Waals surface area contributed by atoms with E-state index in [0.717, 1.165) is 0 Å². The van der Waals surface area contributed by atoms with Crippen LogP contribution in [0.1, 0.15) is 12.0 Å². The first kappa shape index (κ1) is 12.3. The minimum atomic E-state index is -1.24. The van der Waals surface area contributed by atoms with E-state index in [0.29, 0.717) is 24.1 Å². The largest absolute Gasteiger partial charge is 0.477 e. The summed E-state index contributed by atoms with van der Waals surface area (Å²) in [5.41, 5.74) is 0.816. The molecule has 1 aromatic rings. The van der Waals surface area contributed by atoms with Gasteiger partial charge in [0, 0.05) is 13.6 Å². The molecule has 0 radical (unpaired) electrons. The van der Waals surface area contributed by atoms with E-state index >= 15 is 0 Å². The fourth-order valence-corrected chi connectivity index (χ4v) is 1.99. The quantitative estimate of drug-likeness (QED) is 0.808. The maximum atomic E-state index is 12.8. The molecule has 0 aliphatic carbocycles. The van der Waals surface area contributed by atoms with Gasteiger partial charge in [-0.2, -0.15) is 0 Å². The van der Waals surface area contributed by atoms with Crippen molar-refractivity contribution in [2.75, 3.05) is 13.6 Å². The van der Waals surface area contributed by atoms with Crippen LogP contribution in [0, 0.1) is 5.82 Å². The lowest BCUT2D eigenvalue weighted by Gasteiger charge is -2.25. The average molecular weight is 249 g/mol. The molecule has 0 atom stereocenters. The summed E-state index contributed by atoms with van der Waals surface area (Å²) in [4.78, 5) is 24.4. The molecule has 1 heterocycles. The van der Waals surface area contributed by atoms with Gasteiger partial charge >= 0.3 is 5.97 Å². The molecule has 0 fully saturated rings. The highest BCUT2D eigenvalue weighted by Gasteiger charge is 2.30. The van der Waals surface area contributed by atoms with Crippen molar-refractivity contribution >= 4 is 17.4 Å². The van der Waals surface area contributed by atoms with Gasteiger partial charge in [-0.1, -0.05) is 12.1 Å². The minimum Gasteiger partial charge on any atom is -0.477 e. The number of carbonyl (C=O) groups is 2. The van der Waals surface area contributed by atoms with Gasteiger partial charge < -0.3 is 10.0 Å². The van der Waals surface area contributed by atoms with Crippen LogP contribution in [0.25, 0.3) is 5.57 Å². The highest BCUT2D eigenvalue weighted by Crippen LogP contribution is 2.28. The SMILES string of the molecule is CN1CCC(c2ccc(F)cc2)=C(C(=O)O)C1=O. The van der Waals surface area contributed by atoms with E-state index < -0.39 is 17.7 Å². The summed E-state index contributed by atoms with van der Waals surface area (Å²) in [6.07, 6.45) is 0.454. The van der Waals surface area contributed by atoms with Crippen LogP contribution in [0.5, 0.6) is 0 Å². The number of rotatable bonds is 2. The predicted molar refractivity (Wildman–Crippen MR) is 63.2 cm³/mol. The van der Waals surface area contributed by atoms with E-state index in [-0.39, 0.29) is 5.57 Å². The lowest BCUT2D eigenvalue weighted by atomic mass is 9.93. The number of benzene rings is 1. The van der Waals surface area contributed by atoms with E-state index in [1.807, 2.05) is 0 Å². The van der Waals surface area contributed by atoms with Crippen molar-refractivity contribution in [3.63, 3.8) is 0 Å². The summed E-state index contributed by atoms with van der Waals surface area (Å²) in [6.45, 7) is 0.461. The van der Waals surface area contributed by atoms with Crippen molar-refractivity contribution in [1.29, 1.82) is 0 Å². The molecule has 1 amide bonds. The number of hydrogen-bond acceptors (Lipinski definition) is 2. The van der Waals surface area contributed by atoms with Gasteiger partial charge in [-0.3, -0.25) is 4.79 Å². The molecule has 0 bridgehead atoms. The number of carbonyl (C=O) groups excluding carboxylic acids is 1. The van der Waals surface area contributed by atoms with E-state index in [9.17, 15) is 14.0 Å². The van der Waals surface area contributed by atoms with Crippen molar-refractivity contribution in [2.24, 2.45) is 0 Å². The Bertz CT molecular complexity index is 534. The van der Waals surface area contributed by atoms with Crippen LogP contribution >= 0.6 is 0 Å². The molecule has 18 heavy (non-hydrogen) atoms. The van der Waals surface area contributed by atoms with Crippen molar-refractivity contribution in [2.45, 2.75) is 6.42 Å². The predicted octanol–water partition coefficient (Wildman–Crippen LogP) is 1.53. The molecular formula is C13H12FNO3. The number of carboxylic acids is 1. The summed E-state index contributed by atoms with van der Waals surface area (Å²) in [5, 5.41) is 9.13. The Morgan fingerprint density at radius 3 is 2.50 bits per heavy atom. The molecule has 0 saturated heterocycles. The van der Waals surface area contributed by atoms with Gasteiger partial charge in [0.05, 0.1) is 0 Å². The van der Waals surface area contributed by atoms with Crippen molar-refractivity contribution < 1.29 is 19.1 Å². The van der Waals surface area contributed by atoms with Crippen LogP contribution in [0.2, 0.25) is 0 Å². The molecule has 0 saturated carbocycles. The number of aliphatic carboxylic acids is 1.